The maximum atomic E-state index is 12.9. The van der Waals surface area contributed by atoms with E-state index in [1.165, 1.54) is 6.33 Å². The number of benzene rings is 2. The number of ether oxygens (including phenoxy) is 1. The number of hydrogen-bond acceptors (Lipinski definition) is 6. The van der Waals surface area contributed by atoms with E-state index in [0.29, 0.717) is 51.2 Å². The minimum absolute atomic E-state index is 0.128. The van der Waals surface area contributed by atoms with Crippen LogP contribution in [0.4, 0.5) is 5.82 Å². The molecule has 3 heterocycles. The summed E-state index contributed by atoms with van der Waals surface area (Å²) in [5, 5.41) is 5.09. The fourth-order valence-corrected chi connectivity index (χ4v) is 4.43. The second-order valence-electron chi connectivity index (χ2n) is 8.10. The Morgan fingerprint density at radius 3 is 2.71 bits per heavy atom. The lowest BCUT2D eigenvalue weighted by atomic mass is 10.1. The number of anilines is 1. The molecule has 174 valence electrons. The Morgan fingerprint density at radius 1 is 1.15 bits per heavy atom. The number of imidazole rings is 1. The molecule has 0 spiro atoms. The predicted octanol–water partition coefficient (Wildman–Crippen LogP) is 5.01. The van der Waals surface area contributed by atoms with Crippen LogP contribution in [0.2, 0.25) is 10.0 Å². The van der Waals surface area contributed by atoms with E-state index in [0.717, 1.165) is 11.0 Å². The molecule has 2 aromatic heterocycles. The smallest absolute Gasteiger partial charge is 0.256 e. The van der Waals surface area contributed by atoms with Gasteiger partial charge in [0, 0.05) is 30.6 Å². The van der Waals surface area contributed by atoms with Crippen molar-refractivity contribution in [3.63, 3.8) is 0 Å². The number of hydrogen-bond donors (Lipinski definition) is 2. The zero-order chi connectivity index (χ0) is 23.8. The highest BCUT2D eigenvalue weighted by Gasteiger charge is 2.25. The zero-order valence-electron chi connectivity index (χ0n) is 18.5. The molecule has 0 radical (unpaired) electrons. The van der Waals surface area contributed by atoms with Gasteiger partial charge >= 0.3 is 0 Å². The summed E-state index contributed by atoms with van der Waals surface area (Å²) in [7, 11) is 1.64. The number of carbonyl (C=O) groups excluding carboxylic acids is 1. The summed E-state index contributed by atoms with van der Waals surface area (Å²) in [6.07, 6.45) is 5.12. The van der Waals surface area contributed by atoms with Gasteiger partial charge in [0.1, 0.15) is 24.0 Å². The monoisotopic (exact) mass is 496 g/mol. The van der Waals surface area contributed by atoms with Gasteiger partial charge < -0.3 is 19.9 Å². The molecule has 0 saturated heterocycles. The SMILES string of the molecule is CO[C@H](C)[C@H](Nc1ncnc2cc(C(=O)N3CC=CC3)c(Cl)cc12)c1nc2ccc(Cl)cc2[nH]1. The van der Waals surface area contributed by atoms with Crippen molar-refractivity contribution < 1.29 is 9.53 Å². The molecule has 34 heavy (non-hydrogen) atoms. The Hall–Kier alpha value is -3.20. The van der Waals surface area contributed by atoms with Crippen LogP contribution in [0.1, 0.15) is 29.1 Å². The Labute approximate surface area is 206 Å². The molecule has 0 bridgehead atoms. The minimum Gasteiger partial charge on any atom is -0.379 e. The lowest BCUT2D eigenvalue weighted by molar-refractivity contribution is 0.0800. The highest BCUT2D eigenvalue weighted by molar-refractivity contribution is 6.35. The number of nitrogens with one attached hydrogen (secondary N) is 2. The molecule has 1 aliphatic rings. The van der Waals surface area contributed by atoms with Crippen molar-refractivity contribution in [2.24, 2.45) is 0 Å². The van der Waals surface area contributed by atoms with Crippen LogP contribution in [-0.4, -0.2) is 57.0 Å². The van der Waals surface area contributed by atoms with E-state index in [2.05, 4.69) is 20.3 Å². The summed E-state index contributed by atoms with van der Waals surface area (Å²) in [5.74, 6) is 1.11. The molecule has 2 N–H and O–H groups in total. The van der Waals surface area contributed by atoms with Gasteiger partial charge in [0.2, 0.25) is 0 Å². The van der Waals surface area contributed by atoms with Crippen LogP contribution in [0.25, 0.3) is 21.9 Å². The molecule has 5 rings (SSSR count). The zero-order valence-corrected chi connectivity index (χ0v) is 20.1. The van der Waals surface area contributed by atoms with Crippen LogP contribution in [0.5, 0.6) is 0 Å². The van der Waals surface area contributed by atoms with E-state index < -0.39 is 0 Å². The van der Waals surface area contributed by atoms with Crippen LogP contribution in [0.3, 0.4) is 0 Å². The molecule has 0 aliphatic carbocycles. The van der Waals surface area contributed by atoms with Gasteiger partial charge in [-0.15, -0.1) is 0 Å². The third-order valence-electron chi connectivity index (χ3n) is 5.95. The van der Waals surface area contributed by atoms with Crippen LogP contribution >= 0.6 is 23.2 Å². The number of halogens is 2. The van der Waals surface area contributed by atoms with Gasteiger partial charge in [-0.3, -0.25) is 4.79 Å². The number of fused-ring (bicyclic) bond motifs is 2. The molecule has 2 aromatic carbocycles. The topological polar surface area (TPSA) is 96.0 Å². The van der Waals surface area contributed by atoms with Crippen molar-refractivity contribution in [1.82, 2.24) is 24.8 Å². The van der Waals surface area contributed by atoms with E-state index in [9.17, 15) is 4.79 Å². The summed E-state index contributed by atoms with van der Waals surface area (Å²) in [4.78, 5) is 31.5. The average Bonchev–Trinajstić information content (AvgIpc) is 3.51. The highest BCUT2D eigenvalue weighted by atomic mass is 35.5. The molecule has 8 nitrogen and oxygen atoms in total. The quantitative estimate of drug-likeness (QED) is 0.364. The molecule has 0 fully saturated rings. The van der Waals surface area contributed by atoms with Crippen LogP contribution in [0.15, 0.2) is 48.8 Å². The summed E-state index contributed by atoms with van der Waals surface area (Å²) < 4.78 is 5.63. The van der Waals surface area contributed by atoms with Crippen molar-refractivity contribution >= 4 is 56.9 Å². The largest absolute Gasteiger partial charge is 0.379 e. The number of aromatic amines is 1. The Morgan fingerprint density at radius 2 is 1.94 bits per heavy atom. The van der Waals surface area contributed by atoms with Gasteiger partial charge in [0.15, 0.2) is 0 Å². The number of H-pyrrole nitrogens is 1. The number of aromatic nitrogens is 4. The van der Waals surface area contributed by atoms with Gasteiger partial charge in [-0.25, -0.2) is 15.0 Å². The van der Waals surface area contributed by atoms with Crippen molar-refractivity contribution in [3.8, 4) is 0 Å². The summed E-state index contributed by atoms with van der Waals surface area (Å²) >= 11 is 12.7. The molecule has 1 aliphatic heterocycles. The fourth-order valence-electron chi connectivity index (χ4n) is 4.01. The normalized spacial score (nSPS) is 15.2. The third kappa shape index (κ3) is 4.20. The van der Waals surface area contributed by atoms with E-state index in [4.69, 9.17) is 32.9 Å². The fraction of sp³-hybridized carbons (Fsp3) is 0.250. The number of nitrogens with zero attached hydrogens (tertiary/aromatic N) is 4. The molecular weight excluding hydrogens is 475 g/mol. The van der Waals surface area contributed by atoms with Crippen LogP contribution in [0, 0.1) is 0 Å². The van der Waals surface area contributed by atoms with Gasteiger partial charge in [-0.05, 0) is 37.3 Å². The molecule has 2 atom stereocenters. The lowest BCUT2D eigenvalue weighted by Crippen LogP contribution is -2.28. The summed E-state index contributed by atoms with van der Waals surface area (Å²) in [6.45, 7) is 3.08. The minimum atomic E-state index is -0.356. The van der Waals surface area contributed by atoms with Crippen molar-refractivity contribution in [2.45, 2.75) is 19.1 Å². The number of methoxy groups -OCH3 is 1. The van der Waals surface area contributed by atoms with E-state index in [1.807, 2.05) is 31.2 Å². The summed E-state index contributed by atoms with van der Waals surface area (Å²) in [5.41, 5.74) is 2.65. The molecule has 10 heteroatoms. The first-order chi connectivity index (χ1) is 16.4. The lowest BCUT2D eigenvalue weighted by Gasteiger charge is -2.23. The second kappa shape index (κ2) is 9.21. The van der Waals surface area contributed by atoms with Gasteiger partial charge in [-0.1, -0.05) is 35.4 Å². The summed E-state index contributed by atoms with van der Waals surface area (Å²) in [6, 6.07) is 8.57. The number of rotatable bonds is 6. The average molecular weight is 497 g/mol. The highest BCUT2D eigenvalue weighted by Crippen LogP contribution is 2.31. The van der Waals surface area contributed by atoms with Crippen molar-refractivity contribution in [1.29, 1.82) is 0 Å². The second-order valence-corrected chi connectivity index (χ2v) is 8.94. The van der Waals surface area contributed by atoms with Gasteiger partial charge in [0.25, 0.3) is 5.91 Å². The van der Waals surface area contributed by atoms with Crippen molar-refractivity contribution in [2.75, 3.05) is 25.5 Å². The molecular formula is C24H22Cl2N6O2. The number of amides is 1. The molecule has 0 unspecified atom stereocenters. The number of carbonyl (C=O) groups is 1. The van der Waals surface area contributed by atoms with Crippen LogP contribution in [-0.2, 0) is 4.74 Å². The van der Waals surface area contributed by atoms with E-state index in [1.54, 1.807) is 30.2 Å². The predicted molar refractivity (Wildman–Crippen MR) is 134 cm³/mol. The first kappa shape index (κ1) is 22.6. The maximum Gasteiger partial charge on any atom is 0.256 e. The van der Waals surface area contributed by atoms with Crippen molar-refractivity contribution in [3.05, 3.63) is 70.2 Å². The molecule has 4 aromatic rings. The van der Waals surface area contributed by atoms with E-state index >= 15 is 0 Å². The Bertz CT molecular complexity index is 1410. The molecule has 1 amide bonds. The third-order valence-corrected chi connectivity index (χ3v) is 6.50. The van der Waals surface area contributed by atoms with Gasteiger partial charge in [0.05, 0.1) is 33.2 Å². The van der Waals surface area contributed by atoms with E-state index in [-0.39, 0.29) is 18.1 Å². The first-order valence-corrected chi connectivity index (χ1v) is 11.5. The Balaban J connectivity index is 1.52. The first-order valence-electron chi connectivity index (χ1n) is 10.8. The molecule has 0 saturated carbocycles. The standard InChI is InChI=1S/C24H22Cl2N6O2/c1-13(34-2)21(23-29-18-6-5-14(25)9-20(18)30-23)31-22-16-10-17(26)15(11-19(16)27-12-28-22)24(33)32-7-3-4-8-32/h3-6,9-13,21H,7-8H2,1-2H3,(H,29,30)(H,27,28,31)/t13-,21+/m1/s1. The Kier molecular flexibility index (Phi) is 6.12. The van der Waals surface area contributed by atoms with Crippen LogP contribution < -0.4 is 5.32 Å². The maximum absolute atomic E-state index is 12.9. The van der Waals surface area contributed by atoms with Gasteiger partial charge in [-0.2, -0.15) is 0 Å².